The molecule has 0 bridgehead atoms. The minimum atomic E-state index is -0.125. The van der Waals surface area contributed by atoms with Gasteiger partial charge >= 0.3 is 0 Å². The van der Waals surface area contributed by atoms with Crippen molar-refractivity contribution in [2.75, 3.05) is 0 Å². The van der Waals surface area contributed by atoms with E-state index in [-0.39, 0.29) is 37.1 Å². The number of fused-ring (bicyclic) bond motifs is 1. The maximum Gasteiger partial charge on any atom is 0.155 e. The Morgan fingerprint density at radius 1 is 0.975 bits per heavy atom. The van der Waals surface area contributed by atoms with Crippen molar-refractivity contribution in [1.29, 1.82) is 0 Å². The summed E-state index contributed by atoms with van der Waals surface area (Å²) >= 11 is 1.86. The number of benzene rings is 2. The monoisotopic (exact) mass is 733 g/mol. The van der Waals surface area contributed by atoms with E-state index in [0.29, 0.717) is 11.8 Å². The summed E-state index contributed by atoms with van der Waals surface area (Å²) in [5.41, 5.74) is 9.98. The molecule has 0 amide bonds. The van der Waals surface area contributed by atoms with Crippen molar-refractivity contribution in [3.05, 3.63) is 88.7 Å². The van der Waals surface area contributed by atoms with Crippen LogP contribution in [-0.2, 0) is 30.3 Å². The van der Waals surface area contributed by atoms with Crippen LogP contribution in [0.2, 0.25) is 0 Å². The fourth-order valence-corrected chi connectivity index (χ4v) is 5.70. The van der Waals surface area contributed by atoms with E-state index in [0.717, 1.165) is 22.3 Å². The molecule has 40 heavy (non-hydrogen) atoms. The quantitative estimate of drug-likeness (QED) is 0.126. The van der Waals surface area contributed by atoms with Crippen LogP contribution in [0.25, 0.3) is 31.9 Å². The zero-order valence-corrected chi connectivity index (χ0v) is 28.6. The standard InChI is InChI=1S/C30H34NS.C5H8O2.Ir/c1-18(2)23-10-9-11-24(19(3)4)29(23)28-17-26-27(32-28)13-12-25(31-26)21-14-20(5)15-22(16-21)30(6,7)8;1-4(6)3-5(2)7;/h9-13,15-19H,1-8H3;3,6H,1-2H3;/q-1;;/b;4-3-;. The van der Waals surface area contributed by atoms with Crippen LogP contribution < -0.4 is 0 Å². The van der Waals surface area contributed by atoms with Gasteiger partial charge in [0, 0.05) is 31.1 Å². The van der Waals surface area contributed by atoms with E-state index in [9.17, 15) is 4.79 Å². The Balaban J connectivity index is 0.000000623. The van der Waals surface area contributed by atoms with Crippen molar-refractivity contribution < 1.29 is 30.0 Å². The second kappa shape index (κ2) is 13.9. The van der Waals surface area contributed by atoms with E-state index >= 15 is 0 Å². The van der Waals surface area contributed by atoms with Crippen molar-refractivity contribution in [3.63, 3.8) is 0 Å². The molecule has 0 aliphatic rings. The number of thiophene rings is 1. The number of carbonyl (C=O) groups excluding carboxylic acids is 1. The van der Waals surface area contributed by atoms with Crippen LogP contribution in [0.1, 0.15) is 96.4 Å². The van der Waals surface area contributed by atoms with Gasteiger partial charge in [-0.05, 0) is 65.6 Å². The van der Waals surface area contributed by atoms with Gasteiger partial charge < -0.3 is 5.11 Å². The number of ketones is 1. The van der Waals surface area contributed by atoms with Crippen molar-refractivity contribution >= 4 is 27.3 Å². The molecule has 0 aliphatic carbocycles. The van der Waals surface area contributed by atoms with Crippen LogP contribution in [0.5, 0.6) is 0 Å². The summed E-state index contributed by atoms with van der Waals surface area (Å²) in [4.78, 5) is 16.4. The average molecular weight is 733 g/mol. The molecule has 4 aromatic rings. The number of aliphatic hydroxyl groups is 1. The van der Waals surface area contributed by atoms with Gasteiger partial charge in [-0.1, -0.05) is 79.7 Å². The normalized spacial score (nSPS) is 11.8. The number of pyridine rings is 1. The molecule has 3 nitrogen and oxygen atoms in total. The molecule has 215 valence electrons. The maximum atomic E-state index is 10.0. The van der Waals surface area contributed by atoms with Crippen LogP contribution in [-0.4, -0.2) is 15.9 Å². The van der Waals surface area contributed by atoms with E-state index in [2.05, 4.69) is 110 Å². The Labute approximate surface area is 258 Å². The van der Waals surface area contributed by atoms with Crippen LogP contribution >= 0.6 is 11.3 Å². The number of aryl methyl sites for hydroxylation is 1. The summed E-state index contributed by atoms with van der Waals surface area (Å²) < 4.78 is 1.24. The summed E-state index contributed by atoms with van der Waals surface area (Å²) in [6.07, 6.45) is 1.17. The van der Waals surface area contributed by atoms with Crippen molar-refractivity contribution in [1.82, 2.24) is 4.98 Å². The van der Waals surface area contributed by atoms with Gasteiger partial charge in [0.2, 0.25) is 0 Å². The summed E-state index contributed by atoms with van der Waals surface area (Å²) in [6, 6.07) is 21.5. The molecule has 0 fully saturated rings. The number of aromatic nitrogens is 1. The fourth-order valence-electron chi connectivity index (χ4n) is 4.61. The van der Waals surface area contributed by atoms with E-state index in [4.69, 9.17) is 10.1 Å². The third kappa shape index (κ3) is 8.46. The third-order valence-electron chi connectivity index (χ3n) is 6.55. The van der Waals surface area contributed by atoms with Crippen molar-refractivity contribution in [2.24, 2.45) is 0 Å². The van der Waals surface area contributed by atoms with E-state index in [1.165, 1.54) is 51.8 Å². The molecule has 0 saturated heterocycles. The zero-order chi connectivity index (χ0) is 29.1. The molecule has 0 atom stereocenters. The zero-order valence-electron chi connectivity index (χ0n) is 25.4. The number of allylic oxidation sites excluding steroid dienone is 2. The molecule has 2 aromatic heterocycles. The number of hydrogen-bond acceptors (Lipinski definition) is 4. The summed E-state index contributed by atoms with van der Waals surface area (Å²) in [5, 5.41) is 8.36. The van der Waals surface area contributed by atoms with E-state index < -0.39 is 0 Å². The average Bonchev–Trinajstić information content (AvgIpc) is 3.25. The first-order chi connectivity index (χ1) is 18.2. The van der Waals surface area contributed by atoms with Gasteiger partial charge in [-0.2, -0.15) is 0 Å². The SMILES string of the molecule is CC(=O)/C=C(/C)O.Cc1[c-]c(-c2ccc3sc(-c4c(C(C)C)cccc4C(C)C)cc3n2)cc(C(C)(C)C)c1.[Ir]. The first-order valence-electron chi connectivity index (χ1n) is 13.6. The molecule has 0 spiro atoms. The molecule has 2 aromatic carbocycles. The topological polar surface area (TPSA) is 50.2 Å². The predicted molar refractivity (Wildman–Crippen MR) is 168 cm³/mol. The van der Waals surface area contributed by atoms with Gasteiger partial charge in [-0.25, -0.2) is 0 Å². The van der Waals surface area contributed by atoms with Crippen molar-refractivity contribution in [2.45, 2.75) is 86.5 Å². The number of rotatable bonds is 5. The van der Waals surface area contributed by atoms with Crippen LogP contribution in [0.4, 0.5) is 0 Å². The van der Waals surface area contributed by atoms with E-state index in [1.54, 1.807) is 0 Å². The van der Waals surface area contributed by atoms with Gasteiger partial charge in [-0.15, -0.1) is 46.2 Å². The van der Waals surface area contributed by atoms with Gasteiger partial charge in [0.15, 0.2) is 5.78 Å². The molecule has 0 aliphatic heterocycles. The second-order valence-corrected chi connectivity index (χ2v) is 13.0. The van der Waals surface area contributed by atoms with Gasteiger partial charge in [0.25, 0.3) is 0 Å². The van der Waals surface area contributed by atoms with Crippen LogP contribution in [0, 0.1) is 13.0 Å². The Hall–Kier alpha value is -2.59. The van der Waals surface area contributed by atoms with E-state index in [1.807, 2.05) is 11.3 Å². The van der Waals surface area contributed by atoms with Gasteiger partial charge in [0.05, 0.1) is 16.0 Å². The number of nitrogens with zero attached hydrogens (tertiary/aromatic N) is 1. The summed E-state index contributed by atoms with van der Waals surface area (Å²) in [5.74, 6) is 0.901. The maximum absolute atomic E-state index is 10.0. The molecule has 2 heterocycles. The Kier molecular flexibility index (Phi) is 11.6. The minimum Gasteiger partial charge on any atom is -0.512 e. The molecule has 0 saturated carbocycles. The number of carbonyl (C=O) groups is 1. The molecular formula is C35H42IrNO2S-. The van der Waals surface area contributed by atoms with Crippen LogP contribution in [0.15, 0.2) is 60.4 Å². The van der Waals surface area contributed by atoms with Gasteiger partial charge in [0.1, 0.15) is 0 Å². The Bertz CT molecular complexity index is 1480. The molecular weight excluding hydrogens is 691 g/mol. The Morgan fingerprint density at radius 3 is 2.05 bits per heavy atom. The fraction of sp³-hybridized carbons (Fsp3) is 0.371. The molecule has 0 unspecified atom stereocenters. The summed E-state index contributed by atoms with van der Waals surface area (Å²) in [6.45, 7) is 20.9. The number of hydrogen-bond donors (Lipinski definition) is 1. The first-order valence-corrected chi connectivity index (χ1v) is 14.5. The smallest absolute Gasteiger partial charge is 0.155 e. The second-order valence-electron chi connectivity index (χ2n) is 11.9. The Morgan fingerprint density at radius 2 is 1.57 bits per heavy atom. The molecule has 1 radical (unpaired) electrons. The number of aliphatic hydroxyl groups excluding tert-OH is 1. The molecule has 5 heteroatoms. The molecule has 4 rings (SSSR count). The van der Waals surface area contributed by atoms with Gasteiger partial charge in [-0.3, -0.25) is 9.78 Å². The summed E-state index contributed by atoms with van der Waals surface area (Å²) in [7, 11) is 0. The van der Waals surface area contributed by atoms with Crippen molar-refractivity contribution in [3.8, 4) is 21.7 Å². The van der Waals surface area contributed by atoms with Crippen LogP contribution in [0.3, 0.4) is 0 Å². The first kappa shape index (κ1) is 33.6. The minimum absolute atomic E-state index is 0. The largest absolute Gasteiger partial charge is 0.512 e. The molecule has 1 N–H and O–H groups in total. The predicted octanol–water partition coefficient (Wildman–Crippen LogP) is 10.3. The third-order valence-corrected chi connectivity index (χ3v) is 7.66.